The molecule has 0 radical (unpaired) electrons. The summed E-state index contributed by atoms with van der Waals surface area (Å²) in [6.07, 6.45) is 0. The second-order valence-electron chi connectivity index (χ2n) is 7.10. The molecule has 3 aromatic rings. The van der Waals surface area contributed by atoms with E-state index in [0.717, 1.165) is 23.1 Å². The highest BCUT2D eigenvalue weighted by Gasteiger charge is 2.23. The first-order chi connectivity index (χ1) is 15.7. The third-order valence-electron chi connectivity index (χ3n) is 4.59. The summed E-state index contributed by atoms with van der Waals surface area (Å²) in [5.41, 5.74) is 7.13. The van der Waals surface area contributed by atoms with Crippen LogP contribution in [0.4, 0.5) is 17.1 Å². The number of benzene rings is 3. The van der Waals surface area contributed by atoms with Crippen LogP contribution in [0.2, 0.25) is 0 Å². The number of fused-ring (bicyclic) bond motifs is 1. The molecular weight excluding hydrogens is 510 g/mol. The molecule has 0 fully saturated rings. The van der Waals surface area contributed by atoms with E-state index in [1.165, 1.54) is 0 Å². The SMILES string of the molecule is Cc1ccc2c(N=Nc3ccc(S(=O)(=O)CCOS(=O)(=O)O)cc3S(=O)(=O)O)c(N)ccc2c1. The Morgan fingerprint density at radius 1 is 0.912 bits per heavy atom. The second kappa shape index (κ2) is 9.36. The van der Waals surface area contributed by atoms with Gasteiger partial charge in [-0.2, -0.15) is 16.8 Å². The predicted molar refractivity (Wildman–Crippen MR) is 123 cm³/mol. The van der Waals surface area contributed by atoms with Gasteiger partial charge in [0.25, 0.3) is 10.1 Å². The maximum absolute atomic E-state index is 12.4. The Morgan fingerprint density at radius 3 is 2.26 bits per heavy atom. The van der Waals surface area contributed by atoms with Gasteiger partial charge in [0.1, 0.15) is 16.3 Å². The lowest BCUT2D eigenvalue weighted by Crippen LogP contribution is -2.16. The van der Waals surface area contributed by atoms with E-state index in [4.69, 9.17) is 10.3 Å². The Hall–Kier alpha value is -2.95. The van der Waals surface area contributed by atoms with Crippen LogP contribution >= 0.6 is 0 Å². The third-order valence-corrected chi connectivity index (χ3v) is 7.61. The molecule has 0 unspecified atom stereocenters. The topological polar surface area (TPSA) is 203 Å². The van der Waals surface area contributed by atoms with Crippen molar-refractivity contribution in [3.63, 3.8) is 0 Å². The summed E-state index contributed by atoms with van der Waals surface area (Å²) in [7, 11) is -14.1. The number of aryl methyl sites for hydroxylation is 1. The fraction of sp³-hybridized carbons (Fsp3) is 0.158. The summed E-state index contributed by atoms with van der Waals surface area (Å²) in [4.78, 5) is -1.40. The zero-order valence-corrected chi connectivity index (χ0v) is 19.9. The number of hydrogen-bond donors (Lipinski definition) is 3. The molecule has 182 valence electrons. The van der Waals surface area contributed by atoms with Crippen LogP contribution in [-0.4, -0.2) is 46.7 Å². The van der Waals surface area contributed by atoms with Gasteiger partial charge < -0.3 is 5.73 Å². The normalized spacial score (nSPS) is 13.0. The third kappa shape index (κ3) is 6.13. The van der Waals surface area contributed by atoms with Crippen molar-refractivity contribution in [3.8, 4) is 0 Å². The van der Waals surface area contributed by atoms with Crippen LogP contribution in [0, 0.1) is 6.92 Å². The van der Waals surface area contributed by atoms with Crippen molar-refractivity contribution in [1.82, 2.24) is 0 Å². The molecule has 15 heteroatoms. The lowest BCUT2D eigenvalue weighted by atomic mass is 10.1. The summed E-state index contributed by atoms with van der Waals surface area (Å²) in [6, 6.07) is 11.5. The highest BCUT2D eigenvalue weighted by atomic mass is 32.3. The predicted octanol–water partition coefficient (Wildman–Crippen LogP) is 2.99. The molecule has 0 aliphatic carbocycles. The van der Waals surface area contributed by atoms with Crippen molar-refractivity contribution in [2.24, 2.45) is 10.2 Å². The minimum atomic E-state index is -4.94. The van der Waals surface area contributed by atoms with Crippen LogP contribution in [-0.2, 0) is 34.5 Å². The molecule has 3 aromatic carbocycles. The van der Waals surface area contributed by atoms with E-state index in [-0.39, 0.29) is 17.1 Å². The van der Waals surface area contributed by atoms with Crippen LogP contribution in [0.25, 0.3) is 10.8 Å². The molecule has 0 saturated carbocycles. The first-order valence-electron chi connectivity index (χ1n) is 9.34. The highest BCUT2D eigenvalue weighted by Crippen LogP contribution is 2.35. The van der Waals surface area contributed by atoms with Crippen molar-refractivity contribution < 1.29 is 38.5 Å². The van der Waals surface area contributed by atoms with Gasteiger partial charge in [0.2, 0.25) is 0 Å². The quantitative estimate of drug-likeness (QED) is 0.221. The van der Waals surface area contributed by atoms with Gasteiger partial charge in [-0.25, -0.2) is 12.6 Å². The van der Waals surface area contributed by atoms with Gasteiger partial charge in [0.05, 0.1) is 22.9 Å². The van der Waals surface area contributed by atoms with Crippen LogP contribution < -0.4 is 5.73 Å². The molecule has 3 rings (SSSR count). The Balaban J connectivity index is 2.03. The van der Waals surface area contributed by atoms with Gasteiger partial charge in [-0.3, -0.25) is 9.11 Å². The van der Waals surface area contributed by atoms with E-state index in [0.29, 0.717) is 11.5 Å². The summed E-state index contributed by atoms with van der Waals surface area (Å²) >= 11 is 0. The Bertz CT molecular complexity index is 1620. The number of anilines is 1. The van der Waals surface area contributed by atoms with Crippen LogP contribution in [0.5, 0.6) is 0 Å². The van der Waals surface area contributed by atoms with E-state index in [2.05, 4.69) is 14.4 Å². The summed E-state index contributed by atoms with van der Waals surface area (Å²) in [5.74, 6) is -0.898. The number of rotatable bonds is 8. The van der Waals surface area contributed by atoms with Crippen molar-refractivity contribution in [1.29, 1.82) is 0 Å². The molecule has 4 N–H and O–H groups in total. The van der Waals surface area contributed by atoms with E-state index in [1.54, 1.807) is 18.2 Å². The molecule has 0 aliphatic rings. The van der Waals surface area contributed by atoms with Crippen LogP contribution in [0.3, 0.4) is 0 Å². The Morgan fingerprint density at radius 2 is 1.62 bits per heavy atom. The van der Waals surface area contributed by atoms with Gasteiger partial charge in [-0.05, 0) is 36.6 Å². The molecule has 34 heavy (non-hydrogen) atoms. The first-order valence-corrected chi connectivity index (χ1v) is 13.8. The van der Waals surface area contributed by atoms with Gasteiger partial charge in [0, 0.05) is 5.39 Å². The number of nitrogen functional groups attached to an aromatic ring is 1. The van der Waals surface area contributed by atoms with Gasteiger partial charge in [-0.15, -0.1) is 10.2 Å². The molecule has 0 amide bonds. The summed E-state index contributed by atoms with van der Waals surface area (Å²) in [6.45, 7) is 0.990. The van der Waals surface area contributed by atoms with Crippen molar-refractivity contribution in [2.45, 2.75) is 16.7 Å². The second-order valence-corrected chi connectivity index (χ2v) is 11.7. The highest BCUT2D eigenvalue weighted by molar-refractivity contribution is 7.91. The van der Waals surface area contributed by atoms with Crippen LogP contribution in [0.1, 0.15) is 5.56 Å². The Labute approximate surface area is 195 Å². The van der Waals surface area contributed by atoms with Gasteiger partial charge >= 0.3 is 10.4 Å². The van der Waals surface area contributed by atoms with Crippen LogP contribution in [0.15, 0.2) is 68.6 Å². The van der Waals surface area contributed by atoms with Crippen molar-refractivity contribution in [2.75, 3.05) is 18.1 Å². The molecule has 0 aromatic heterocycles. The zero-order chi connectivity index (χ0) is 25.3. The molecule has 0 bridgehead atoms. The first kappa shape index (κ1) is 25.7. The van der Waals surface area contributed by atoms with Gasteiger partial charge in [0.15, 0.2) is 9.84 Å². The average molecular weight is 530 g/mol. The van der Waals surface area contributed by atoms with Gasteiger partial charge in [-0.1, -0.05) is 29.8 Å². The fourth-order valence-electron chi connectivity index (χ4n) is 3.01. The molecule has 0 heterocycles. The minimum Gasteiger partial charge on any atom is -0.397 e. The number of nitrogens with zero attached hydrogens (tertiary/aromatic N) is 2. The number of azo groups is 1. The molecule has 0 saturated heterocycles. The molecule has 0 spiro atoms. The largest absolute Gasteiger partial charge is 0.397 e. The lowest BCUT2D eigenvalue weighted by Gasteiger charge is -2.08. The monoisotopic (exact) mass is 529 g/mol. The lowest BCUT2D eigenvalue weighted by molar-refractivity contribution is 0.284. The molecule has 12 nitrogen and oxygen atoms in total. The standard InChI is InChI=1S/C19H19N3O9S3/c1-12-2-5-15-13(10-12)3-6-16(20)19(15)22-21-17-7-4-14(11-18(17)33(25,26)27)32(23,24)9-8-31-34(28,29)30/h2-7,10-11H,8-9,20H2,1H3,(H,25,26,27)(H,28,29,30). The molecular formula is C19H19N3O9S3. The smallest absolute Gasteiger partial charge is 0.397 e. The fourth-order valence-corrected chi connectivity index (χ4v) is 5.24. The minimum absolute atomic E-state index is 0.248. The number of hydrogen-bond acceptors (Lipinski definition) is 10. The van der Waals surface area contributed by atoms with E-state index >= 15 is 0 Å². The maximum Gasteiger partial charge on any atom is 0.397 e. The molecule has 0 atom stereocenters. The Kier molecular flexibility index (Phi) is 7.07. The van der Waals surface area contributed by atoms with Crippen molar-refractivity contribution in [3.05, 3.63) is 54.1 Å². The van der Waals surface area contributed by atoms with E-state index in [9.17, 15) is 29.8 Å². The number of nitrogens with two attached hydrogens (primary N) is 1. The average Bonchev–Trinajstić information content (AvgIpc) is 2.71. The summed E-state index contributed by atoms with van der Waals surface area (Å²) < 4.78 is 91.9. The summed E-state index contributed by atoms with van der Waals surface area (Å²) in [5, 5.41) is 9.36. The van der Waals surface area contributed by atoms with Crippen molar-refractivity contribution >= 4 is 58.2 Å². The van der Waals surface area contributed by atoms with E-state index in [1.807, 2.05) is 19.1 Å². The maximum atomic E-state index is 12.4. The number of sulfone groups is 1. The molecule has 0 aliphatic heterocycles. The van der Waals surface area contributed by atoms with E-state index < -0.39 is 52.5 Å². The zero-order valence-electron chi connectivity index (χ0n) is 17.5.